The van der Waals surface area contributed by atoms with E-state index in [-0.39, 0.29) is 11.3 Å². The second kappa shape index (κ2) is 6.19. The molecule has 0 aliphatic carbocycles. The van der Waals surface area contributed by atoms with Gasteiger partial charge in [0.05, 0.1) is 5.37 Å². The topological polar surface area (TPSA) is 57.6 Å². The van der Waals surface area contributed by atoms with E-state index < -0.39 is 12.0 Å². The Labute approximate surface area is 116 Å². The fraction of sp³-hybridized carbons (Fsp3) is 0.833. The van der Waals surface area contributed by atoms with Crippen molar-refractivity contribution < 1.29 is 14.7 Å². The van der Waals surface area contributed by atoms with Crippen molar-refractivity contribution in [3.8, 4) is 0 Å². The summed E-state index contributed by atoms with van der Waals surface area (Å²) in [6.07, 6.45) is 2.70. The lowest BCUT2D eigenvalue weighted by molar-refractivity contribution is -0.149. The molecular formula is C12H19NO3S2. The molecule has 2 heterocycles. The van der Waals surface area contributed by atoms with Crippen LogP contribution in [0.25, 0.3) is 0 Å². The number of thioether (sulfide) groups is 2. The minimum Gasteiger partial charge on any atom is -0.480 e. The largest absolute Gasteiger partial charge is 0.480 e. The molecule has 2 saturated heterocycles. The van der Waals surface area contributed by atoms with Gasteiger partial charge in [0.2, 0.25) is 5.91 Å². The van der Waals surface area contributed by atoms with Gasteiger partial charge in [-0.25, -0.2) is 4.79 Å². The molecular weight excluding hydrogens is 270 g/mol. The first-order valence-electron chi connectivity index (χ1n) is 6.33. The number of nitrogens with zero attached hydrogens (tertiary/aromatic N) is 1. The number of carbonyl (C=O) groups excluding carboxylic acids is 1. The summed E-state index contributed by atoms with van der Waals surface area (Å²) < 4.78 is 0. The lowest BCUT2D eigenvalue weighted by atomic mass is 9.98. The third kappa shape index (κ3) is 3.15. The molecule has 0 aromatic carbocycles. The summed E-state index contributed by atoms with van der Waals surface area (Å²) in [6, 6.07) is -0.629. The minimum absolute atomic E-state index is 0.00318. The van der Waals surface area contributed by atoms with Crippen LogP contribution in [0.3, 0.4) is 0 Å². The van der Waals surface area contributed by atoms with Gasteiger partial charge in [-0.15, -0.1) is 11.8 Å². The maximum absolute atomic E-state index is 12.3. The van der Waals surface area contributed by atoms with E-state index in [1.165, 1.54) is 0 Å². The first-order valence-corrected chi connectivity index (χ1v) is 8.53. The second-order valence-electron chi connectivity index (χ2n) is 4.85. The Kier molecular flexibility index (Phi) is 4.84. The average Bonchev–Trinajstić information content (AvgIpc) is 2.72. The Morgan fingerprint density at radius 1 is 1.33 bits per heavy atom. The van der Waals surface area contributed by atoms with Crippen LogP contribution in [-0.4, -0.2) is 50.6 Å². The van der Waals surface area contributed by atoms with Crippen molar-refractivity contribution in [3.05, 3.63) is 0 Å². The molecule has 0 saturated carbocycles. The first-order chi connectivity index (χ1) is 8.59. The number of hydrogen-bond donors (Lipinski definition) is 1. The van der Waals surface area contributed by atoms with E-state index in [1.54, 1.807) is 16.7 Å². The molecule has 0 aromatic heterocycles. The highest BCUT2D eigenvalue weighted by Gasteiger charge is 2.39. The van der Waals surface area contributed by atoms with E-state index in [1.807, 2.05) is 18.7 Å². The van der Waals surface area contributed by atoms with Crippen LogP contribution in [-0.2, 0) is 9.59 Å². The Morgan fingerprint density at radius 3 is 2.61 bits per heavy atom. The first kappa shape index (κ1) is 14.1. The fourth-order valence-corrected chi connectivity index (χ4v) is 4.91. The summed E-state index contributed by atoms with van der Waals surface area (Å²) in [6.45, 7) is 1.92. The normalized spacial score (nSPS) is 29.5. The van der Waals surface area contributed by atoms with Crippen molar-refractivity contribution in [1.29, 1.82) is 0 Å². The molecule has 2 fully saturated rings. The molecule has 18 heavy (non-hydrogen) atoms. The summed E-state index contributed by atoms with van der Waals surface area (Å²) in [4.78, 5) is 25.0. The third-order valence-electron chi connectivity index (χ3n) is 3.60. The number of aliphatic carboxylic acids is 1. The van der Waals surface area contributed by atoms with Gasteiger partial charge < -0.3 is 10.0 Å². The van der Waals surface area contributed by atoms with Gasteiger partial charge >= 0.3 is 5.97 Å². The smallest absolute Gasteiger partial charge is 0.327 e. The van der Waals surface area contributed by atoms with Gasteiger partial charge in [-0.05, 0) is 37.2 Å². The minimum atomic E-state index is -0.876. The summed E-state index contributed by atoms with van der Waals surface area (Å²) in [7, 11) is 0. The fourth-order valence-electron chi connectivity index (χ4n) is 2.51. The van der Waals surface area contributed by atoms with E-state index >= 15 is 0 Å². The van der Waals surface area contributed by atoms with Crippen molar-refractivity contribution in [1.82, 2.24) is 4.90 Å². The van der Waals surface area contributed by atoms with Gasteiger partial charge in [-0.2, -0.15) is 11.8 Å². The summed E-state index contributed by atoms with van der Waals surface area (Å²) in [5.74, 6) is 2.38. The quantitative estimate of drug-likeness (QED) is 0.860. The lowest BCUT2D eigenvalue weighted by Crippen LogP contribution is -2.45. The second-order valence-corrected chi connectivity index (χ2v) is 7.42. The van der Waals surface area contributed by atoms with Crippen LogP contribution in [0.1, 0.15) is 26.2 Å². The van der Waals surface area contributed by atoms with Crippen LogP contribution in [0.15, 0.2) is 0 Å². The highest BCUT2D eigenvalue weighted by atomic mass is 32.2. The third-order valence-corrected chi connectivity index (χ3v) is 5.87. The lowest BCUT2D eigenvalue weighted by Gasteiger charge is -2.28. The number of amides is 1. The predicted molar refractivity (Wildman–Crippen MR) is 74.9 cm³/mol. The van der Waals surface area contributed by atoms with Gasteiger partial charge in [0.15, 0.2) is 0 Å². The predicted octanol–water partition coefficient (Wildman–Crippen LogP) is 1.89. The SMILES string of the molecule is CC1SCC(C(=O)O)N1C(=O)CC1CCSCC1. The van der Waals surface area contributed by atoms with E-state index in [2.05, 4.69) is 0 Å². The Hall–Kier alpha value is -0.360. The number of rotatable bonds is 3. The molecule has 0 spiro atoms. The Bertz CT molecular complexity index is 331. The molecule has 0 bridgehead atoms. The zero-order chi connectivity index (χ0) is 13.1. The van der Waals surface area contributed by atoms with E-state index in [0.29, 0.717) is 18.1 Å². The Balaban J connectivity index is 1.95. The molecule has 2 unspecified atom stereocenters. The standard InChI is InChI=1S/C12H19NO3S2/c1-8-13(10(7-18-8)12(15)16)11(14)6-9-2-4-17-5-3-9/h8-10H,2-7H2,1H3,(H,15,16). The zero-order valence-corrected chi connectivity index (χ0v) is 12.1. The number of carboxylic acid groups (broad SMARTS) is 1. The van der Waals surface area contributed by atoms with Crippen LogP contribution < -0.4 is 0 Å². The molecule has 2 rings (SSSR count). The molecule has 102 valence electrons. The summed E-state index contributed by atoms with van der Waals surface area (Å²) >= 11 is 3.49. The monoisotopic (exact) mass is 289 g/mol. The Morgan fingerprint density at radius 2 is 2.00 bits per heavy atom. The van der Waals surface area contributed by atoms with Crippen molar-refractivity contribution in [3.63, 3.8) is 0 Å². The number of carbonyl (C=O) groups is 2. The van der Waals surface area contributed by atoms with Crippen LogP contribution >= 0.6 is 23.5 Å². The average molecular weight is 289 g/mol. The van der Waals surface area contributed by atoms with Gasteiger partial charge in [-0.1, -0.05) is 0 Å². The van der Waals surface area contributed by atoms with Crippen LogP contribution in [0, 0.1) is 5.92 Å². The number of hydrogen-bond acceptors (Lipinski definition) is 4. The molecule has 6 heteroatoms. The number of carboxylic acids is 1. The molecule has 2 aliphatic heterocycles. The molecule has 4 nitrogen and oxygen atoms in total. The molecule has 0 radical (unpaired) electrons. The van der Waals surface area contributed by atoms with Crippen LogP contribution in [0.4, 0.5) is 0 Å². The van der Waals surface area contributed by atoms with Crippen molar-refractivity contribution in [2.24, 2.45) is 5.92 Å². The van der Waals surface area contributed by atoms with E-state index in [4.69, 9.17) is 5.11 Å². The van der Waals surface area contributed by atoms with Gasteiger partial charge in [-0.3, -0.25) is 4.79 Å². The van der Waals surface area contributed by atoms with Crippen molar-refractivity contribution in [2.75, 3.05) is 17.3 Å². The summed E-state index contributed by atoms with van der Waals surface area (Å²) in [5.41, 5.74) is 0. The highest BCUT2D eigenvalue weighted by molar-refractivity contribution is 8.00. The van der Waals surface area contributed by atoms with Crippen molar-refractivity contribution in [2.45, 2.75) is 37.6 Å². The van der Waals surface area contributed by atoms with Gasteiger partial charge in [0, 0.05) is 12.2 Å². The molecule has 2 atom stereocenters. The molecule has 2 aliphatic rings. The summed E-state index contributed by atoms with van der Waals surface area (Å²) in [5, 5.41) is 9.14. The van der Waals surface area contributed by atoms with E-state index in [0.717, 1.165) is 24.3 Å². The maximum atomic E-state index is 12.3. The van der Waals surface area contributed by atoms with E-state index in [9.17, 15) is 9.59 Å². The van der Waals surface area contributed by atoms with Gasteiger partial charge in [0.25, 0.3) is 0 Å². The van der Waals surface area contributed by atoms with Crippen LogP contribution in [0.5, 0.6) is 0 Å². The molecule has 0 aromatic rings. The van der Waals surface area contributed by atoms with Crippen molar-refractivity contribution >= 4 is 35.4 Å². The highest BCUT2D eigenvalue weighted by Crippen LogP contribution is 2.32. The molecule has 1 N–H and O–H groups in total. The zero-order valence-electron chi connectivity index (χ0n) is 10.5. The maximum Gasteiger partial charge on any atom is 0.327 e. The molecule has 1 amide bonds. The van der Waals surface area contributed by atoms with Crippen LogP contribution in [0.2, 0.25) is 0 Å². The van der Waals surface area contributed by atoms with Gasteiger partial charge in [0.1, 0.15) is 6.04 Å².